The quantitative estimate of drug-likeness (QED) is 0.316. The Morgan fingerprint density at radius 3 is 2.15 bits per heavy atom. The van der Waals surface area contributed by atoms with Gasteiger partial charge in [-0.3, -0.25) is 9.59 Å². The lowest BCUT2D eigenvalue weighted by atomic mass is 10.1. The molecular weight excluding hydrogens is 511 g/mol. The number of anilines is 1. The van der Waals surface area contributed by atoms with Gasteiger partial charge < -0.3 is 25.4 Å². The predicted molar refractivity (Wildman–Crippen MR) is 143 cm³/mol. The summed E-state index contributed by atoms with van der Waals surface area (Å²) < 4.78 is 44.3. The summed E-state index contributed by atoms with van der Waals surface area (Å²) in [5.41, 5.74) is 1.74. The fourth-order valence-corrected chi connectivity index (χ4v) is 3.50. The lowest BCUT2D eigenvalue weighted by Crippen LogP contribution is -2.36. The van der Waals surface area contributed by atoms with E-state index in [4.69, 9.17) is 9.84 Å². The van der Waals surface area contributed by atoms with Gasteiger partial charge in [-0.2, -0.15) is 13.2 Å². The second-order valence-electron chi connectivity index (χ2n) is 8.80. The fraction of sp³-hybridized carbons (Fsp3) is 0.241. The third-order valence-corrected chi connectivity index (χ3v) is 5.67. The van der Waals surface area contributed by atoms with Crippen LogP contribution in [0.5, 0.6) is 5.75 Å². The number of aliphatic hydroxyl groups excluding tert-OH is 1. The summed E-state index contributed by atoms with van der Waals surface area (Å²) in [6.45, 7) is 0.0545. The zero-order chi connectivity index (χ0) is 28.4. The minimum atomic E-state index is -4.49. The smallest absolute Gasteiger partial charge is 0.416 e. The largest absolute Gasteiger partial charge is 0.493 e. The zero-order valence-electron chi connectivity index (χ0n) is 21.6. The Bertz CT molecular complexity index is 1270. The van der Waals surface area contributed by atoms with E-state index in [0.717, 1.165) is 23.4 Å². The molecule has 0 aliphatic rings. The van der Waals surface area contributed by atoms with E-state index in [2.05, 4.69) is 10.6 Å². The molecule has 0 aliphatic heterocycles. The molecule has 10 heteroatoms. The van der Waals surface area contributed by atoms with Crippen LogP contribution < -0.4 is 20.3 Å². The molecule has 0 aromatic heterocycles. The molecule has 3 N–H and O–H groups in total. The lowest BCUT2D eigenvalue weighted by Gasteiger charge is -2.13. The van der Waals surface area contributed by atoms with Crippen LogP contribution in [0.4, 0.5) is 18.9 Å². The molecule has 3 aromatic carbocycles. The SMILES string of the molecule is CN(C)c1ccc(CCOc2ccc(C(=O)N/C(=C\c3ccc(C(F)(F)F)cc3)C(=O)NCCO)cc2)cc1. The van der Waals surface area contributed by atoms with Crippen LogP contribution in [0, 0.1) is 0 Å². The first-order valence-corrected chi connectivity index (χ1v) is 12.2. The normalized spacial score (nSPS) is 11.6. The Morgan fingerprint density at radius 1 is 0.949 bits per heavy atom. The highest BCUT2D eigenvalue weighted by Gasteiger charge is 2.29. The molecule has 0 saturated heterocycles. The molecule has 0 atom stereocenters. The van der Waals surface area contributed by atoms with Crippen molar-refractivity contribution in [2.45, 2.75) is 12.6 Å². The van der Waals surface area contributed by atoms with Crippen LogP contribution in [0.25, 0.3) is 6.08 Å². The van der Waals surface area contributed by atoms with Crippen molar-refractivity contribution in [2.75, 3.05) is 38.8 Å². The summed E-state index contributed by atoms with van der Waals surface area (Å²) in [4.78, 5) is 27.4. The monoisotopic (exact) mass is 541 g/mol. The minimum absolute atomic E-state index is 0.0646. The molecule has 0 heterocycles. The number of ether oxygens (including phenoxy) is 1. The topological polar surface area (TPSA) is 90.9 Å². The van der Waals surface area contributed by atoms with Crippen LogP contribution in [-0.4, -0.2) is 50.8 Å². The van der Waals surface area contributed by atoms with Gasteiger partial charge in [0.05, 0.1) is 18.8 Å². The molecular formula is C29H30F3N3O4. The molecule has 0 unspecified atom stereocenters. The Hall–Kier alpha value is -4.31. The third-order valence-electron chi connectivity index (χ3n) is 5.67. The summed E-state index contributed by atoms with van der Waals surface area (Å²) in [7, 11) is 3.95. The van der Waals surface area contributed by atoms with Crippen molar-refractivity contribution in [1.82, 2.24) is 10.6 Å². The van der Waals surface area contributed by atoms with E-state index < -0.39 is 23.6 Å². The zero-order valence-corrected chi connectivity index (χ0v) is 21.6. The Kier molecular flexibility index (Phi) is 10.1. The van der Waals surface area contributed by atoms with Gasteiger partial charge in [-0.25, -0.2) is 0 Å². The van der Waals surface area contributed by atoms with Crippen molar-refractivity contribution >= 4 is 23.6 Å². The number of nitrogens with zero attached hydrogens (tertiary/aromatic N) is 1. The standard InChI is InChI=1S/C29H30F3N3O4/c1-35(2)24-11-5-20(6-12-24)15-18-39-25-13-7-22(8-14-25)27(37)34-26(28(38)33-16-17-36)19-21-3-9-23(10-4-21)29(30,31)32/h3-14,19,36H,15-18H2,1-2H3,(H,33,38)(H,34,37)/b26-19-. The van der Waals surface area contributed by atoms with Gasteiger partial charge in [0.2, 0.25) is 0 Å². The average molecular weight is 542 g/mol. The fourth-order valence-electron chi connectivity index (χ4n) is 3.50. The number of amides is 2. The third kappa shape index (κ3) is 8.89. The number of aliphatic hydroxyl groups is 1. The van der Waals surface area contributed by atoms with E-state index in [0.29, 0.717) is 18.8 Å². The van der Waals surface area contributed by atoms with E-state index >= 15 is 0 Å². The van der Waals surface area contributed by atoms with Gasteiger partial charge in [0, 0.05) is 38.3 Å². The highest BCUT2D eigenvalue weighted by molar-refractivity contribution is 6.05. The molecule has 3 aromatic rings. The number of hydrogen-bond acceptors (Lipinski definition) is 5. The number of benzene rings is 3. The molecule has 0 fully saturated rings. The van der Waals surface area contributed by atoms with Crippen LogP contribution in [0.15, 0.2) is 78.5 Å². The maximum absolute atomic E-state index is 12.9. The van der Waals surface area contributed by atoms with Gasteiger partial charge in [-0.15, -0.1) is 0 Å². The summed E-state index contributed by atoms with van der Waals surface area (Å²) in [5, 5.41) is 13.9. The number of nitrogens with one attached hydrogen (secondary N) is 2. The van der Waals surface area contributed by atoms with Crippen LogP contribution in [0.2, 0.25) is 0 Å². The molecule has 3 rings (SSSR count). The van der Waals surface area contributed by atoms with Gasteiger partial charge in [0.15, 0.2) is 0 Å². The number of alkyl halides is 3. The molecule has 2 amide bonds. The Labute approximate surface area is 224 Å². The first kappa shape index (κ1) is 29.2. The van der Waals surface area contributed by atoms with Gasteiger partial charge >= 0.3 is 6.18 Å². The first-order valence-electron chi connectivity index (χ1n) is 12.2. The number of rotatable bonds is 11. The number of halogens is 3. The summed E-state index contributed by atoms with van der Waals surface area (Å²) >= 11 is 0. The Morgan fingerprint density at radius 2 is 1.59 bits per heavy atom. The molecule has 206 valence electrons. The van der Waals surface area contributed by atoms with Gasteiger partial charge in [-0.1, -0.05) is 24.3 Å². The maximum atomic E-state index is 12.9. The van der Waals surface area contributed by atoms with Crippen molar-refractivity contribution in [2.24, 2.45) is 0 Å². The van der Waals surface area contributed by atoms with Crippen molar-refractivity contribution in [3.63, 3.8) is 0 Å². The molecule has 7 nitrogen and oxygen atoms in total. The average Bonchev–Trinajstić information content (AvgIpc) is 2.91. The molecule has 0 radical (unpaired) electrons. The second-order valence-corrected chi connectivity index (χ2v) is 8.80. The van der Waals surface area contributed by atoms with E-state index in [-0.39, 0.29) is 30.0 Å². The first-order chi connectivity index (χ1) is 18.6. The molecule has 39 heavy (non-hydrogen) atoms. The number of carbonyl (C=O) groups is 2. The van der Waals surface area contributed by atoms with Crippen LogP contribution in [0.3, 0.4) is 0 Å². The van der Waals surface area contributed by atoms with Crippen LogP contribution in [-0.2, 0) is 17.4 Å². The van der Waals surface area contributed by atoms with E-state index in [1.54, 1.807) is 12.1 Å². The van der Waals surface area contributed by atoms with Gasteiger partial charge in [0.25, 0.3) is 11.8 Å². The lowest BCUT2D eigenvalue weighted by molar-refractivity contribution is -0.137. The summed E-state index contributed by atoms with van der Waals surface area (Å²) in [5.74, 6) is -0.728. The van der Waals surface area contributed by atoms with Crippen molar-refractivity contribution in [3.8, 4) is 5.75 Å². The minimum Gasteiger partial charge on any atom is -0.493 e. The molecule has 0 saturated carbocycles. The van der Waals surface area contributed by atoms with Crippen molar-refractivity contribution in [1.29, 1.82) is 0 Å². The summed E-state index contributed by atoms with van der Waals surface area (Å²) in [6, 6.07) is 18.6. The van der Waals surface area contributed by atoms with Crippen LogP contribution >= 0.6 is 0 Å². The maximum Gasteiger partial charge on any atom is 0.416 e. The number of carbonyl (C=O) groups excluding carboxylic acids is 2. The van der Waals surface area contributed by atoms with Gasteiger partial charge in [0.1, 0.15) is 11.4 Å². The summed E-state index contributed by atoms with van der Waals surface area (Å²) in [6.07, 6.45) is -2.53. The van der Waals surface area contributed by atoms with E-state index in [1.165, 1.54) is 30.3 Å². The highest BCUT2D eigenvalue weighted by Crippen LogP contribution is 2.29. The van der Waals surface area contributed by atoms with Crippen molar-refractivity contribution in [3.05, 3.63) is 101 Å². The van der Waals surface area contributed by atoms with Gasteiger partial charge in [-0.05, 0) is 65.7 Å². The molecule has 0 spiro atoms. The van der Waals surface area contributed by atoms with Crippen molar-refractivity contribution < 1.29 is 32.6 Å². The highest BCUT2D eigenvalue weighted by atomic mass is 19.4. The molecule has 0 bridgehead atoms. The van der Waals surface area contributed by atoms with E-state index in [1.807, 2.05) is 43.3 Å². The molecule has 0 aliphatic carbocycles. The predicted octanol–water partition coefficient (Wildman–Crippen LogP) is 4.27. The Balaban J connectivity index is 1.64. The van der Waals surface area contributed by atoms with Crippen LogP contribution in [0.1, 0.15) is 27.0 Å². The van der Waals surface area contributed by atoms with E-state index in [9.17, 15) is 22.8 Å². The number of hydrogen-bond donors (Lipinski definition) is 3. The second kappa shape index (κ2) is 13.5.